The van der Waals surface area contributed by atoms with Gasteiger partial charge in [0.1, 0.15) is 0 Å². The van der Waals surface area contributed by atoms with Crippen LogP contribution in [0.15, 0.2) is 22.7 Å². The highest BCUT2D eigenvalue weighted by Crippen LogP contribution is 2.26. The molecule has 0 aliphatic carbocycles. The molecule has 1 aromatic carbocycles. The van der Waals surface area contributed by atoms with Crippen LogP contribution in [0.1, 0.15) is 19.4 Å². The van der Waals surface area contributed by atoms with Crippen molar-refractivity contribution in [2.75, 3.05) is 14.1 Å². The van der Waals surface area contributed by atoms with Crippen LogP contribution in [0, 0.1) is 0 Å². The lowest BCUT2D eigenvalue weighted by atomic mass is 9.91. The van der Waals surface area contributed by atoms with Gasteiger partial charge >= 0.3 is 0 Å². The summed E-state index contributed by atoms with van der Waals surface area (Å²) in [4.78, 5) is 2.02. The predicted octanol–water partition coefficient (Wildman–Crippen LogP) is 3.35. The fraction of sp³-hybridized carbons (Fsp3) is 0.538. The van der Waals surface area contributed by atoms with E-state index in [-0.39, 0.29) is 5.54 Å². The molecule has 17 heavy (non-hydrogen) atoms. The van der Waals surface area contributed by atoms with Crippen molar-refractivity contribution in [3.63, 3.8) is 0 Å². The largest absolute Gasteiger partial charge is 0.391 e. The molecule has 0 saturated carbocycles. The molecule has 0 fully saturated rings. The van der Waals surface area contributed by atoms with E-state index in [0.717, 1.165) is 10.0 Å². The van der Waals surface area contributed by atoms with Crippen molar-refractivity contribution >= 4 is 27.5 Å². The van der Waals surface area contributed by atoms with E-state index in [4.69, 9.17) is 11.6 Å². The van der Waals surface area contributed by atoms with E-state index >= 15 is 0 Å². The Balaban J connectivity index is 2.84. The second-order valence-corrected chi connectivity index (χ2v) is 6.33. The molecule has 0 heterocycles. The van der Waals surface area contributed by atoms with Crippen LogP contribution in [-0.4, -0.2) is 35.7 Å². The Kier molecular flexibility index (Phi) is 5.02. The van der Waals surface area contributed by atoms with E-state index in [9.17, 15) is 5.11 Å². The lowest BCUT2D eigenvalue weighted by molar-refractivity contribution is 0.0183. The Morgan fingerprint density at radius 1 is 1.41 bits per heavy atom. The van der Waals surface area contributed by atoms with Crippen LogP contribution in [0.4, 0.5) is 0 Å². The zero-order valence-corrected chi connectivity index (χ0v) is 13.0. The highest BCUT2D eigenvalue weighted by Gasteiger charge is 2.30. The number of aliphatic hydroxyl groups is 1. The highest BCUT2D eigenvalue weighted by molar-refractivity contribution is 9.10. The summed E-state index contributed by atoms with van der Waals surface area (Å²) in [6.45, 7) is 4.04. The summed E-state index contributed by atoms with van der Waals surface area (Å²) >= 11 is 9.52. The zero-order chi connectivity index (χ0) is 13.2. The summed E-state index contributed by atoms with van der Waals surface area (Å²) < 4.78 is 0.951. The van der Waals surface area contributed by atoms with Crippen LogP contribution in [0.3, 0.4) is 0 Å². The molecular weight excluding hydrogens is 302 g/mol. The van der Waals surface area contributed by atoms with E-state index in [2.05, 4.69) is 15.9 Å². The number of hydrogen-bond acceptors (Lipinski definition) is 2. The molecule has 96 valence electrons. The monoisotopic (exact) mass is 319 g/mol. The van der Waals surface area contributed by atoms with Gasteiger partial charge in [-0.05, 0) is 45.6 Å². The van der Waals surface area contributed by atoms with Gasteiger partial charge in [0.05, 0.1) is 6.10 Å². The van der Waals surface area contributed by atoms with Crippen LogP contribution >= 0.6 is 27.5 Å². The Bertz CT molecular complexity index is 393. The lowest BCUT2D eigenvalue weighted by Crippen LogP contribution is -2.49. The van der Waals surface area contributed by atoms with Crippen molar-refractivity contribution in [3.05, 3.63) is 33.3 Å². The molecule has 0 amide bonds. The van der Waals surface area contributed by atoms with Gasteiger partial charge in [-0.3, -0.25) is 0 Å². The first-order valence-electron chi connectivity index (χ1n) is 5.54. The molecule has 0 bridgehead atoms. The lowest BCUT2D eigenvalue weighted by Gasteiger charge is -2.37. The minimum atomic E-state index is -0.462. The van der Waals surface area contributed by atoms with Crippen molar-refractivity contribution in [2.24, 2.45) is 0 Å². The molecule has 1 N–H and O–H groups in total. The third kappa shape index (κ3) is 3.68. The molecule has 0 radical (unpaired) electrons. The molecule has 1 unspecified atom stereocenters. The number of hydrogen-bond donors (Lipinski definition) is 1. The SMILES string of the molecule is CN(C)C(C)(C)C(O)Cc1ccc(Br)cc1Cl. The third-order valence-corrected chi connectivity index (χ3v) is 4.24. The molecule has 1 rings (SSSR count). The normalized spacial score (nSPS) is 14.1. The first-order chi connectivity index (χ1) is 7.75. The maximum atomic E-state index is 10.3. The van der Waals surface area contributed by atoms with E-state index in [1.807, 2.05) is 51.0 Å². The van der Waals surface area contributed by atoms with Crippen LogP contribution in [0.5, 0.6) is 0 Å². The quantitative estimate of drug-likeness (QED) is 0.919. The molecule has 0 aliphatic rings. The first-order valence-corrected chi connectivity index (χ1v) is 6.71. The second kappa shape index (κ2) is 5.70. The van der Waals surface area contributed by atoms with Gasteiger partial charge in [0.2, 0.25) is 0 Å². The standard InChI is InChI=1S/C13H19BrClNO/c1-13(2,16(3)4)12(17)7-9-5-6-10(14)8-11(9)15/h5-6,8,12,17H,7H2,1-4H3. The minimum Gasteiger partial charge on any atom is -0.391 e. The van der Waals surface area contributed by atoms with Crippen LogP contribution in [0.2, 0.25) is 5.02 Å². The summed E-state index contributed by atoms with van der Waals surface area (Å²) in [5, 5.41) is 11.0. The van der Waals surface area contributed by atoms with E-state index < -0.39 is 6.10 Å². The number of rotatable bonds is 4. The maximum absolute atomic E-state index is 10.3. The van der Waals surface area contributed by atoms with Gasteiger partial charge in [-0.2, -0.15) is 0 Å². The molecule has 4 heteroatoms. The number of likely N-dealkylation sites (N-methyl/N-ethyl adjacent to an activating group) is 1. The fourth-order valence-electron chi connectivity index (χ4n) is 1.44. The first kappa shape index (κ1) is 15.0. The molecule has 1 aromatic rings. The van der Waals surface area contributed by atoms with Crippen LogP contribution < -0.4 is 0 Å². The van der Waals surface area contributed by atoms with Gasteiger partial charge in [-0.1, -0.05) is 33.6 Å². The molecule has 0 aromatic heterocycles. The molecule has 0 saturated heterocycles. The van der Waals surface area contributed by atoms with Crippen molar-refractivity contribution in [2.45, 2.75) is 31.9 Å². The van der Waals surface area contributed by atoms with Crippen molar-refractivity contribution in [1.82, 2.24) is 4.90 Å². The Morgan fingerprint density at radius 2 is 2.00 bits per heavy atom. The predicted molar refractivity (Wildman–Crippen MR) is 76.6 cm³/mol. The second-order valence-electron chi connectivity index (χ2n) is 5.00. The summed E-state index contributed by atoms with van der Waals surface area (Å²) in [5.41, 5.74) is 0.688. The Labute approximate surface area is 117 Å². The van der Waals surface area contributed by atoms with Gasteiger partial charge < -0.3 is 10.0 Å². The molecule has 0 aliphatic heterocycles. The van der Waals surface area contributed by atoms with Crippen LogP contribution in [-0.2, 0) is 6.42 Å². The topological polar surface area (TPSA) is 23.5 Å². The maximum Gasteiger partial charge on any atom is 0.0758 e. The smallest absolute Gasteiger partial charge is 0.0758 e. The fourth-order valence-corrected chi connectivity index (χ4v) is 2.19. The Morgan fingerprint density at radius 3 is 2.47 bits per heavy atom. The average molecular weight is 321 g/mol. The third-order valence-electron chi connectivity index (χ3n) is 3.40. The number of aliphatic hydroxyl groups excluding tert-OH is 1. The van der Waals surface area contributed by atoms with Gasteiger partial charge in [0.25, 0.3) is 0 Å². The van der Waals surface area contributed by atoms with E-state index in [0.29, 0.717) is 11.4 Å². The number of halogens is 2. The molecule has 1 atom stereocenters. The molecule has 2 nitrogen and oxygen atoms in total. The average Bonchev–Trinajstić information content (AvgIpc) is 2.21. The number of benzene rings is 1. The van der Waals surface area contributed by atoms with Gasteiger partial charge in [-0.25, -0.2) is 0 Å². The minimum absolute atomic E-state index is 0.281. The van der Waals surface area contributed by atoms with Crippen LogP contribution in [0.25, 0.3) is 0 Å². The van der Waals surface area contributed by atoms with E-state index in [1.165, 1.54) is 0 Å². The van der Waals surface area contributed by atoms with Gasteiger partial charge in [-0.15, -0.1) is 0 Å². The van der Waals surface area contributed by atoms with Gasteiger partial charge in [0, 0.05) is 21.5 Å². The summed E-state index contributed by atoms with van der Waals surface area (Å²) in [7, 11) is 3.93. The van der Waals surface area contributed by atoms with Gasteiger partial charge in [0.15, 0.2) is 0 Å². The van der Waals surface area contributed by atoms with Crippen molar-refractivity contribution in [1.29, 1.82) is 0 Å². The van der Waals surface area contributed by atoms with Crippen molar-refractivity contribution < 1.29 is 5.11 Å². The molecule has 0 spiro atoms. The summed E-state index contributed by atoms with van der Waals surface area (Å²) in [5.74, 6) is 0. The molecular formula is C13H19BrClNO. The zero-order valence-electron chi connectivity index (χ0n) is 10.7. The summed E-state index contributed by atoms with van der Waals surface area (Å²) in [6.07, 6.45) is 0.0910. The Hall–Kier alpha value is -0.0900. The summed E-state index contributed by atoms with van der Waals surface area (Å²) in [6, 6.07) is 5.74. The van der Waals surface area contributed by atoms with Crippen molar-refractivity contribution in [3.8, 4) is 0 Å². The highest BCUT2D eigenvalue weighted by atomic mass is 79.9. The van der Waals surface area contributed by atoms with E-state index in [1.54, 1.807) is 0 Å². The number of nitrogens with zero attached hydrogens (tertiary/aromatic N) is 1.